The summed E-state index contributed by atoms with van der Waals surface area (Å²) in [5, 5.41) is 4.18. The van der Waals surface area contributed by atoms with Crippen LogP contribution in [0.1, 0.15) is 11.6 Å². The van der Waals surface area contributed by atoms with Crippen molar-refractivity contribution in [3.63, 3.8) is 0 Å². The second kappa shape index (κ2) is 3.45. The van der Waals surface area contributed by atoms with Gasteiger partial charge in [-0.15, -0.1) is 5.10 Å². The van der Waals surface area contributed by atoms with Crippen molar-refractivity contribution >= 4 is 15.9 Å². The van der Waals surface area contributed by atoms with Gasteiger partial charge in [0.05, 0.1) is 4.47 Å². The molecular formula is C8H8BrN5. The lowest BCUT2D eigenvalue weighted by Crippen LogP contribution is -2.04. The lowest BCUT2D eigenvalue weighted by atomic mass is 10.6. The average Bonchev–Trinajstić information content (AvgIpc) is 2.47. The second-order valence-corrected chi connectivity index (χ2v) is 3.73. The molecule has 2 heterocycles. The molecule has 2 aromatic heterocycles. The van der Waals surface area contributed by atoms with E-state index in [1.807, 2.05) is 13.8 Å². The van der Waals surface area contributed by atoms with Gasteiger partial charge in [-0.05, 0) is 29.8 Å². The van der Waals surface area contributed by atoms with E-state index >= 15 is 0 Å². The smallest absolute Gasteiger partial charge is 0.218 e. The summed E-state index contributed by atoms with van der Waals surface area (Å²) in [6, 6.07) is 0. The Labute approximate surface area is 89.4 Å². The largest absolute Gasteiger partial charge is 0.252 e. The lowest BCUT2D eigenvalue weighted by Gasteiger charge is -1.99. The highest BCUT2D eigenvalue weighted by Crippen LogP contribution is 2.08. The molecule has 0 fully saturated rings. The first-order valence-electron chi connectivity index (χ1n) is 4.05. The number of hydrogen-bond donors (Lipinski definition) is 0. The summed E-state index contributed by atoms with van der Waals surface area (Å²) in [5.41, 5.74) is 0. The van der Waals surface area contributed by atoms with Crippen LogP contribution in [0.25, 0.3) is 5.95 Å². The van der Waals surface area contributed by atoms with Crippen LogP contribution < -0.4 is 0 Å². The molecule has 0 saturated carbocycles. The molecule has 0 atom stereocenters. The molecule has 2 aromatic rings. The van der Waals surface area contributed by atoms with Gasteiger partial charge in [0.2, 0.25) is 0 Å². The molecule has 0 amide bonds. The van der Waals surface area contributed by atoms with Crippen LogP contribution in [-0.4, -0.2) is 24.7 Å². The van der Waals surface area contributed by atoms with E-state index in [0.29, 0.717) is 11.8 Å². The van der Waals surface area contributed by atoms with Crippen molar-refractivity contribution in [2.45, 2.75) is 13.8 Å². The summed E-state index contributed by atoms with van der Waals surface area (Å²) in [4.78, 5) is 12.4. The maximum atomic E-state index is 4.18. The Bertz CT molecular complexity index is 447. The first-order chi connectivity index (χ1) is 6.66. The Hall–Kier alpha value is -1.30. The van der Waals surface area contributed by atoms with Gasteiger partial charge in [-0.2, -0.15) is 4.68 Å². The van der Waals surface area contributed by atoms with Gasteiger partial charge in [-0.3, -0.25) is 0 Å². The Kier molecular flexibility index (Phi) is 2.28. The minimum atomic E-state index is 0.534. The molecule has 0 aliphatic heterocycles. The molecule has 72 valence electrons. The Balaban J connectivity index is 2.49. The van der Waals surface area contributed by atoms with Gasteiger partial charge in [0, 0.05) is 12.4 Å². The SMILES string of the molecule is Cc1nc(C)n(-c2ncc(Br)cn2)n1. The molecule has 0 N–H and O–H groups in total. The molecule has 5 nitrogen and oxygen atoms in total. The quantitative estimate of drug-likeness (QED) is 0.772. The van der Waals surface area contributed by atoms with Crippen molar-refractivity contribution in [3.05, 3.63) is 28.5 Å². The third-order valence-corrected chi connectivity index (χ3v) is 2.08. The van der Waals surface area contributed by atoms with E-state index in [1.165, 1.54) is 0 Å². The van der Waals surface area contributed by atoms with Crippen molar-refractivity contribution in [1.29, 1.82) is 0 Å². The minimum Gasteiger partial charge on any atom is -0.218 e. The molecule has 0 bridgehead atoms. The summed E-state index contributed by atoms with van der Waals surface area (Å²) in [6.45, 7) is 3.70. The topological polar surface area (TPSA) is 56.5 Å². The van der Waals surface area contributed by atoms with Gasteiger partial charge in [-0.25, -0.2) is 15.0 Å². The normalized spacial score (nSPS) is 10.5. The standard InChI is InChI=1S/C8H8BrN5/c1-5-12-6(2)14(13-5)8-10-3-7(9)4-11-8/h3-4H,1-2H3. The van der Waals surface area contributed by atoms with E-state index in [0.717, 1.165) is 10.3 Å². The van der Waals surface area contributed by atoms with E-state index < -0.39 is 0 Å². The predicted molar refractivity (Wildman–Crippen MR) is 54.1 cm³/mol. The lowest BCUT2D eigenvalue weighted by molar-refractivity contribution is 0.770. The number of rotatable bonds is 1. The molecule has 0 saturated heterocycles. The minimum absolute atomic E-state index is 0.534. The highest BCUT2D eigenvalue weighted by Gasteiger charge is 2.06. The Morgan fingerprint density at radius 3 is 2.36 bits per heavy atom. The maximum Gasteiger partial charge on any atom is 0.252 e. The van der Waals surface area contributed by atoms with Crippen LogP contribution in [0.5, 0.6) is 0 Å². The summed E-state index contributed by atoms with van der Waals surface area (Å²) < 4.78 is 2.46. The molecule has 0 radical (unpaired) electrons. The van der Waals surface area contributed by atoms with E-state index in [1.54, 1.807) is 17.1 Å². The third-order valence-electron chi connectivity index (χ3n) is 1.67. The fourth-order valence-electron chi connectivity index (χ4n) is 1.13. The van der Waals surface area contributed by atoms with Crippen LogP contribution >= 0.6 is 15.9 Å². The predicted octanol–water partition coefficient (Wildman–Crippen LogP) is 1.44. The van der Waals surface area contributed by atoms with Gasteiger partial charge >= 0.3 is 0 Å². The van der Waals surface area contributed by atoms with Gasteiger partial charge < -0.3 is 0 Å². The highest BCUT2D eigenvalue weighted by atomic mass is 79.9. The average molecular weight is 254 g/mol. The van der Waals surface area contributed by atoms with Crippen LogP contribution in [0.2, 0.25) is 0 Å². The van der Waals surface area contributed by atoms with E-state index in [4.69, 9.17) is 0 Å². The van der Waals surface area contributed by atoms with Gasteiger partial charge in [0.25, 0.3) is 5.95 Å². The zero-order valence-corrected chi connectivity index (χ0v) is 9.35. The first-order valence-corrected chi connectivity index (χ1v) is 4.84. The number of aryl methyl sites for hydroxylation is 2. The molecule has 14 heavy (non-hydrogen) atoms. The van der Waals surface area contributed by atoms with Crippen LogP contribution in [0.4, 0.5) is 0 Å². The molecule has 6 heteroatoms. The molecular weight excluding hydrogens is 246 g/mol. The van der Waals surface area contributed by atoms with Crippen LogP contribution in [0.3, 0.4) is 0 Å². The maximum absolute atomic E-state index is 4.18. The number of halogens is 1. The van der Waals surface area contributed by atoms with Gasteiger partial charge in [0.15, 0.2) is 0 Å². The van der Waals surface area contributed by atoms with Gasteiger partial charge in [-0.1, -0.05) is 0 Å². The molecule has 0 aromatic carbocycles. The molecule has 0 unspecified atom stereocenters. The zero-order chi connectivity index (χ0) is 10.1. The second-order valence-electron chi connectivity index (χ2n) is 2.82. The summed E-state index contributed by atoms with van der Waals surface area (Å²) in [6.07, 6.45) is 3.36. The van der Waals surface area contributed by atoms with Crippen LogP contribution in [-0.2, 0) is 0 Å². The molecule has 2 rings (SSSR count). The molecule has 0 spiro atoms. The summed E-state index contributed by atoms with van der Waals surface area (Å²) in [5.74, 6) is 2.03. The van der Waals surface area contributed by atoms with Crippen molar-refractivity contribution < 1.29 is 0 Å². The third kappa shape index (κ3) is 1.65. The molecule has 0 aliphatic rings. The first kappa shape index (κ1) is 9.26. The molecule has 0 aliphatic carbocycles. The number of aromatic nitrogens is 5. The van der Waals surface area contributed by atoms with Crippen molar-refractivity contribution in [2.24, 2.45) is 0 Å². The van der Waals surface area contributed by atoms with Crippen molar-refractivity contribution in [3.8, 4) is 5.95 Å². The summed E-state index contributed by atoms with van der Waals surface area (Å²) >= 11 is 3.27. The van der Waals surface area contributed by atoms with E-state index in [-0.39, 0.29) is 0 Å². The van der Waals surface area contributed by atoms with E-state index in [9.17, 15) is 0 Å². The van der Waals surface area contributed by atoms with Gasteiger partial charge in [0.1, 0.15) is 11.6 Å². The fraction of sp³-hybridized carbons (Fsp3) is 0.250. The Morgan fingerprint density at radius 1 is 1.21 bits per heavy atom. The monoisotopic (exact) mass is 253 g/mol. The van der Waals surface area contributed by atoms with E-state index in [2.05, 4.69) is 36.0 Å². The fourth-order valence-corrected chi connectivity index (χ4v) is 1.33. The highest BCUT2D eigenvalue weighted by molar-refractivity contribution is 9.10. The van der Waals surface area contributed by atoms with Crippen LogP contribution in [0, 0.1) is 13.8 Å². The summed E-state index contributed by atoms with van der Waals surface area (Å²) in [7, 11) is 0. The number of nitrogens with zero attached hydrogens (tertiary/aromatic N) is 5. The van der Waals surface area contributed by atoms with Crippen molar-refractivity contribution in [1.82, 2.24) is 24.7 Å². The Morgan fingerprint density at radius 2 is 1.86 bits per heavy atom. The zero-order valence-electron chi connectivity index (χ0n) is 7.77. The number of hydrogen-bond acceptors (Lipinski definition) is 4. The van der Waals surface area contributed by atoms with Crippen LogP contribution in [0.15, 0.2) is 16.9 Å². The van der Waals surface area contributed by atoms with Crippen molar-refractivity contribution in [2.75, 3.05) is 0 Å².